The molecule has 0 N–H and O–H groups in total. The van der Waals surface area contributed by atoms with Crippen molar-refractivity contribution in [3.05, 3.63) is 40.0 Å². The predicted octanol–water partition coefficient (Wildman–Crippen LogP) is 5.05. The highest BCUT2D eigenvalue weighted by Crippen LogP contribution is 2.23. The van der Waals surface area contributed by atoms with Crippen molar-refractivity contribution in [2.24, 2.45) is 5.92 Å². The van der Waals surface area contributed by atoms with Gasteiger partial charge in [0.1, 0.15) is 0 Å². The quantitative estimate of drug-likeness (QED) is 0.680. The van der Waals surface area contributed by atoms with Gasteiger partial charge in [0, 0.05) is 5.33 Å². The summed E-state index contributed by atoms with van der Waals surface area (Å²) < 4.78 is 0. The number of aryl methyl sites for hydroxylation is 3. The summed E-state index contributed by atoms with van der Waals surface area (Å²) in [5.41, 5.74) is 6.93. The van der Waals surface area contributed by atoms with E-state index in [2.05, 4.69) is 68.8 Å². The summed E-state index contributed by atoms with van der Waals surface area (Å²) in [4.78, 5) is 0. The monoisotopic (exact) mass is 280 g/mol. The van der Waals surface area contributed by atoms with E-state index in [1.165, 1.54) is 27.8 Å². The van der Waals surface area contributed by atoms with E-state index in [1.807, 2.05) is 0 Å². The highest BCUT2D eigenvalue weighted by atomic mass is 79.9. The van der Waals surface area contributed by atoms with Crippen LogP contribution in [0.15, 0.2) is 17.7 Å². The van der Waals surface area contributed by atoms with Gasteiger partial charge in [-0.25, -0.2) is 0 Å². The molecule has 0 unspecified atom stereocenters. The van der Waals surface area contributed by atoms with Gasteiger partial charge in [-0.3, -0.25) is 0 Å². The average molecular weight is 281 g/mol. The van der Waals surface area contributed by atoms with E-state index in [0.717, 1.165) is 5.33 Å². The molecule has 0 aromatic heterocycles. The van der Waals surface area contributed by atoms with Crippen LogP contribution in [0.2, 0.25) is 0 Å². The fourth-order valence-corrected chi connectivity index (χ4v) is 2.77. The van der Waals surface area contributed by atoms with E-state index in [0.29, 0.717) is 5.92 Å². The molecule has 0 fully saturated rings. The Hall–Kier alpha value is -0.560. The maximum atomic E-state index is 3.57. The second-order valence-electron chi connectivity index (χ2n) is 4.82. The highest BCUT2D eigenvalue weighted by Gasteiger charge is 2.05. The van der Waals surface area contributed by atoms with Crippen molar-refractivity contribution in [2.75, 3.05) is 5.33 Å². The Kier molecular flexibility index (Phi) is 4.79. The first-order valence-corrected chi connectivity index (χ1v) is 6.92. The molecule has 0 aliphatic carbocycles. The Bertz CT molecular complexity index is 377. The normalized spacial score (nSPS) is 12.3. The van der Waals surface area contributed by atoms with Crippen LogP contribution in [0, 0.1) is 26.7 Å². The van der Waals surface area contributed by atoms with Crippen molar-refractivity contribution in [1.82, 2.24) is 0 Å². The summed E-state index contributed by atoms with van der Waals surface area (Å²) >= 11 is 3.57. The molecule has 0 atom stereocenters. The van der Waals surface area contributed by atoms with Crippen molar-refractivity contribution in [1.29, 1.82) is 0 Å². The Morgan fingerprint density at radius 1 is 1.19 bits per heavy atom. The van der Waals surface area contributed by atoms with Gasteiger partial charge in [0.05, 0.1) is 0 Å². The topological polar surface area (TPSA) is 0 Å². The summed E-state index contributed by atoms with van der Waals surface area (Å²) in [5, 5.41) is 0.956. The summed E-state index contributed by atoms with van der Waals surface area (Å²) in [5.74, 6) is 0.597. The van der Waals surface area contributed by atoms with Gasteiger partial charge in [-0.15, -0.1) is 0 Å². The molecule has 0 spiro atoms. The molecule has 0 aliphatic rings. The first-order valence-electron chi connectivity index (χ1n) is 5.80. The molecule has 1 aromatic carbocycles. The van der Waals surface area contributed by atoms with Gasteiger partial charge >= 0.3 is 0 Å². The molecule has 0 amide bonds. The van der Waals surface area contributed by atoms with E-state index in [1.54, 1.807) is 0 Å². The zero-order valence-electron chi connectivity index (χ0n) is 10.9. The minimum atomic E-state index is 0.597. The van der Waals surface area contributed by atoms with E-state index in [9.17, 15) is 0 Å². The van der Waals surface area contributed by atoms with Crippen molar-refractivity contribution in [3.63, 3.8) is 0 Å². The molecular weight excluding hydrogens is 260 g/mol. The van der Waals surface area contributed by atoms with Crippen LogP contribution in [-0.4, -0.2) is 5.33 Å². The lowest BCUT2D eigenvalue weighted by molar-refractivity contribution is 0.780. The van der Waals surface area contributed by atoms with E-state index >= 15 is 0 Å². The fourth-order valence-electron chi connectivity index (χ4n) is 1.96. The summed E-state index contributed by atoms with van der Waals surface area (Å²) in [6.07, 6.45) is 2.34. The SMILES string of the molecule is Cc1cc(C)c(C=C(CBr)C(C)C)c(C)c1. The summed E-state index contributed by atoms with van der Waals surface area (Å²) in [7, 11) is 0. The number of alkyl halides is 1. The standard InChI is InChI=1S/C15H21Br/c1-10(2)14(9-16)8-15-12(4)6-11(3)7-13(15)5/h6-8,10H,9H2,1-5H3. The lowest BCUT2D eigenvalue weighted by Crippen LogP contribution is -1.97. The first-order chi connectivity index (χ1) is 7.45. The smallest absolute Gasteiger partial charge is 0.0247 e. The molecule has 16 heavy (non-hydrogen) atoms. The molecule has 0 heterocycles. The average Bonchev–Trinajstić information content (AvgIpc) is 2.15. The zero-order chi connectivity index (χ0) is 12.3. The zero-order valence-corrected chi connectivity index (χ0v) is 12.5. The van der Waals surface area contributed by atoms with Gasteiger partial charge in [0.2, 0.25) is 0 Å². The predicted molar refractivity (Wildman–Crippen MR) is 77.3 cm³/mol. The van der Waals surface area contributed by atoms with Crippen molar-refractivity contribution < 1.29 is 0 Å². The Balaban J connectivity index is 3.23. The van der Waals surface area contributed by atoms with Crippen LogP contribution in [0.4, 0.5) is 0 Å². The fraction of sp³-hybridized carbons (Fsp3) is 0.467. The summed E-state index contributed by atoms with van der Waals surface area (Å²) in [6.45, 7) is 11.0. The van der Waals surface area contributed by atoms with Crippen LogP contribution >= 0.6 is 15.9 Å². The Morgan fingerprint density at radius 3 is 2.06 bits per heavy atom. The van der Waals surface area contributed by atoms with Crippen molar-refractivity contribution >= 4 is 22.0 Å². The molecule has 0 bridgehead atoms. The largest absolute Gasteiger partial charge is 0.0880 e. The molecular formula is C15H21Br. The van der Waals surface area contributed by atoms with E-state index in [4.69, 9.17) is 0 Å². The third kappa shape index (κ3) is 3.21. The van der Waals surface area contributed by atoms with Crippen LogP contribution < -0.4 is 0 Å². The summed E-state index contributed by atoms with van der Waals surface area (Å²) in [6, 6.07) is 4.51. The van der Waals surface area contributed by atoms with Crippen LogP contribution in [0.1, 0.15) is 36.1 Å². The van der Waals surface area contributed by atoms with Crippen LogP contribution in [0.25, 0.3) is 6.08 Å². The maximum Gasteiger partial charge on any atom is 0.0247 e. The number of halogens is 1. The van der Waals surface area contributed by atoms with Gasteiger partial charge in [0.25, 0.3) is 0 Å². The minimum absolute atomic E-state index is 0.597. The minimum Gasteiger partial charge on any atom is -0.0880 e. The third-order valence-corrected chi connectivity index (χ3v) is 3.61. The maximum absolute atomic E-state index is 3.57. The molecule has 0 saturated carbocycles. The number of hydrogen-bond donors (Lipinski definition) is 0. The van der Waals surface area contributed by atoms with Gasteiger partial charge in [-0.1, -0.05) is 59.1 Å². The molecule has 1 heteroatoms. The van der Waals surface area contributed by atoms with E-state index < -0.39 is 0 Å². The molecule has 1 rings (SSSR count). The third-order valence-electron chi connectivity index (χ3n) is 2.96. The molecule has 0 radical (unpaired) electrons. The van der Waals surface area contributed by atoms with Crippen molar-refractivity contribution in [3.8, 4) is 0 Å². The van der Waals surface area contributed by atoms with Crippen molar-refractivity contribution in [2.45, 2.75) is 34.6 Å². The lowest BCUT2D eigenvalue weighted by atomic mass is 9.95. The second-order valence-corrected chi connectivity index (χ2v) is 5.38. The number of allylic oxidation sites excluding steroid dienone is 1. The molecule has 1 aromatic rings. The first kappa shape index (κ1) is 13.5. The number of rotatable bonds is 3. The number of hydrogen-bond acceptors (Lipinski definition) is 0. The molecule has 88 valence electrons. The second kappa shape index (κ2) is 5.67. The van der Waals surface area contributed by atoms with Crippen LogP contribution in [0.5, 0.6) is 0 Å². The number of benzene rings is 1. The Labute approximate surface area is 108 Å². The highest BCUT2D eigenvalue weighted by molar-refractivity contribution is 9.09. The van der Waals surface area contributed by atoms with Gasteiger partial charge in [-0.05, 0) is 43.4 Å². The lowest BCUT2D eigenvalue weighted by Gasteiger charge is -2.12. The molecule has 0 saturated heterocycles. The van der Waals surface area contributed by atoms with E-state index in [-0.39, 0.29) is 0 Å². The molecule has 0 aliphatic heterocycles. The van der Waals surface area contributed by atoms with Gasteiger partial charge in [-0.2, -0.15) is 0 Å². The van der Waals surface area contributed by atoms with Crippen LogP contribution in [0.3, 0.4) is 0 Å². The van der Waals surface area contributed by atoms with Gasteiger partial charge < -0.3 is 0 Å². The van der Waals surface area contributed by atoms with Crippen LogP contribution in [-0.2, 0) is 0 Å². The molecule has 0 nitrogen and oxygen atoms in total. The van der Waals surface area contributed by atoms with Gasteiger partial charge in [0.15, 0.2) is 0 Å². The Morgan fingerprint density at radius 2 is 1.69 bits per heavy atom.